The number of fused-ring (bicyclic) bond motifs is 5. The Balaban J connectivity index is 1.25. The monoisotopic (exact) mass is 607 g/mol. The van der Waals surface area contributed by atoms with Crippen LogP contribution in [0.1, 0.15) is 72.8 Å². The predicted molar refractivity (Wildman–Crippen MR) is 165 cm³/mol. The zero-order valence-electron chi connectivity index (χ0n) is 24.8. The Bertz CT molecular complexity index is 1930. The minimum absolute atomic E-state index is 0.0549. The van der Waals surface area contributed by atoms with Crippen LogP contribution in [0.4, 0.5) is 5.00 Å². The predicted octanol–water partition coefficient (Wildman–Crippen LogP) is 5.18. The van der Waals surface area contributed by atoms with Crippen molar-refractivity contribution in [1.29, 1.82) is 5.26 Å². The number of thiophene rings is 1. The third-order valence-electron chi connectivity index (χ3n) is 9.78. The van der Waals surface area contributed by atoms with E-state index >= 15 is 0 Å². The van der Waals surface area contributed by atoms with Gasteiger partial charge in [-0.25, -0.2) is 14.5 Å². The molecule has 8 rings (SSSR count). The number of aromatic nitrogens is 6. The maximum atomic E-state index is 10.1. The fourth-order valence-electron chi connectivity index (χ4n) is 7.73. The molecule has 5 aromatic heterocycles. The van der Waals surface area contributed by atoms with E-state index in [0.717, 1.165) is 86.0 Å². The molecule has 0 amide bonds. The van der Waals surface area contributed by atoms with Crippen LogP contribution >= 0.6 is 11.3 Å². The van der Waals surface area contributed by atoms with Crippen LogP contribution in [0.2, 0.25) is 0 Å². The summed E-state index contributed by atoms with van der Waals surface area (Å²) in [6, 6.07) is 8.53. The van der Waals surface area contributed by atoms with Gasteiger partial charge in [0.05, 0.1) is 16.7 Å². The van der Waals surface area contributed by atoms with Gasteiger partial charge < -0.3 is 15.0 Å². The molecule has 11 nitrogen and oxygen atoms in total. The molecule has 1 fully saturated rings. The first-order valence-corrected chi connectivity index (χ1v) is 16.1. The van der Waals surface area contributed by atoms with E-state index in [9.17, 15) is 5.26 Å². The number of hydrogen-bond acceptors (Lipinski definition) is 11. The summed E-state index contributed by atoms with van der Waals surface area (Å²) < 4.78 is 14.5. The Kier molecular flexibility index (Phi) is 6.43. The van der Waals surface area contributed by atoms with Gasteiger partial charge in [0, 0.05) is 34.3 Å². The van der Waals surface area contributed by atoms with E-state index < -0.39 is 5.41 Å². The zero-order chi connectivity index (χ0) is 30.0. The summed E-state index contributed by atoms with van der Waals surface area (Å²) in [6.45, 7) is 3.17. The van der Waals surface area contributed by atoms with E-state index in [4.69, 9.17) is 25.0 Å². The average Bonchev–Trinajstić information content (AvgIpc) is 3.82. The standard InChI is InChI=1S/C32H33N9O2S/c1-18(23-7-5-12-40(23)2)42-26-15-22(19-9-13-41-25(14-19)35-17-36-41)37-31(38-26)28-20-6-3-10-32(29(20)43-39-28)11-4-8-24-27(32)21(16-33)30(34)44-24/h9,13-15,17-18,23H,3-8,10-12,34H2,1-2H3/t18-,23-,32-/m0/s1. The number of hydrogen-bond donors (Lipinski definition) is 1. The van der Waals surface area contributed by atoms with Gasteiger partial charge in [0.25, 0.3) is 0 Å². The molecule has 1 spiro atoms. The molecule has 5 aromatic rings. The van der Waals surface area contributed by atoms with Crippen molar-refractivity contribution in [3.05, 3.63) is 58.1 Å². The number of nitrogens with two attached hydrogens (primary N) is 1. The second kappa shape index (κ2) is 10.4. The van der Waals surface area contributed by atoms with Crippen molar-refractivity contribution in [3.63, 3.8) is 0 Å². The Labute approximate surface area is 258 Å². The minimum Gasteiger partial charge on any atom is -0.473 e. The molecule has 44 heavy (non-hydrogen) atoms. The van der Waals surface area contributed by atoms with Gasteiger partial charge in [-0.1, -0.05) is 5.16 Å². The lowest BCUT2D eigenvalue weighted by atomic mass is 9.63. The molecule has 2 aliphatic carbocycles. The highest BCUT2D eigenvalue weighted by atomic mass is 32.1. The van der Waals surface area contributed by atoms with Crippen molar-refractivity contribution in [3.8, 4) is 34.7 Å². The van der Waals surface area contributed by atoms with Crippen molar-refractivity contribution in [2.24, 2.45) is 0 Å². The quantitative estimate of drug-likeness (QED) is 0.284. The maximum Gasteiger partial charge on any atom is 0.217 e. The molecule has 6 heterocycles. The van der Waals surface area contributed by atoms with Crippen LogP contribution in [-0.4, -0.2) is 60.4 Å². The number of likely N-dealkylation sites (tertiary alicyclic amines) is 1. The summed E-state index contributed by atoms with van der Waals surface area (Å²) >= 11 is 1.54. The number of ether oxygens (including phenoxy) is 1. The van der Waals surface area contributed by atoms with Gasteiger partial charge >= 0.3 is 0 Å². The maximum absolute atomic E-state index is 10.1. The third-order valence-corrected chi connectivity index (χ3v) is 10.9. The summed E-state index contributed by atoms with van der Waals surface area (Å²) in [5, 5.41) is 19.5. The first-order valence-electron chi connectivity index (χ1n) is 15.3. The van der Waals surface area contributed by atoms with E-state index in [1.807, 2.05) is 24.4 Å². The average molecular weight is 608 g/mol. The lowest BCUT2D eigenvalue weighted by Crippen LogP contribution is -2.38. The molecular weight excluding hydrogens is 574 g/mol. The highest BCUT2D eigenvalue weighted by molar-refractivity contribution is 7.16. The van der Waals surface area contributed by atoms with Gasteiger partial charge in [0.15, 0.2) is 22.9 Å². The van der Waals surface area contributed by atoms with Crippen LogP contribution in [0.15, 0.2) is 35.2 Å². The highest BCUT2D eigenvalue weighted by Crippen LogP contribution is 2.55. The van der Waals surface area contributed by atoms with Crippen LogP contribution in [0.3, 0.4) is 0 Å². The van der Waals surface area contributed by atoms with Crippen LogP contribution < -0.4 is 10.5 Å². The molecule has 224 valence electrons. The van der Waals surface area contributed by atoms with Crippen molar-refractivity contribution in [1.82, 2.24) is 34.6 Å². The molecule has 12 heteroatoms. The van der Waals surface area contributed by atoms with Crippen LogP contribution in [0.25, 0.3) is 28.4 Å². The van der Waals surface area contributed by atoms with E-state index in [1.54, 1.807) is 15.9 Å². The molecule has 3 atom stereocenters. The summed E-state index contributed by atoms with van der Waals surface area (Å²) in [5.41, 5.74) is 11.5. The minimum atomic E-state index is -0.414. The van der Waals surface area contributed by atoms with Gasteiger partial charge in [-0.05, 0) is 89.6 Å². The number of nitriles is 1. The number of aryl methyl sites for hydroxylation is 1. The molecule has 1 saturated heterocycles. The lowest BCUT2D eigenvalue weighted by molar-refractivity contribution is 0.117. The van der Waals surface area contributed by atoms with Gasteiger partial charge in [-0.2, -0.15) is 15.3 Å². The molecule has 0 bridgehead atoms. The van der Waals surface area contributed by atoms with Crippen LogP contribution in [-0.2, 0) is 18.3 Å². The molecule has 3 aliphatic rings. The summed E-state index contributed by atoms with van der Waals surface area (Å²) in [7, 11) is 2.15. The highest BCUT2D eigenvalue weighted by Gasteiger charge is 2.48. The SMILES string of the molecule is C[C@H](Oc1cc(-c2ccn3ncnc3c2)nc(-c2noc3c2CCC[C@@]32CCCc3sc(N)c(C#N)c32)n1)[C@@H]1CCCN1C. The summed E-state index contributed by atoms with van der Waals surface area (Å²) in [5.74, 6) is 1.80. The Hall–Kier alpha value is -4.34. The molecular formula is C32H33N9O2S. The van der Waals surface area contributed by atoms with Crippen LogP contribution in [0.5, 0.6) is 5.88 Å². The second-order valence-corrected chi connectivity index (χ2v) is 13.4. The number of anilines is 1. The Morgan fingerprint density at radius 1 is 1.20 bits per heavy atom. The van der Waals surface area contributed by atoms with E-state index in [1.165, 1.54) is 11.2 Å². The third kappa shape index (κ3) is 4.21. The van der Waals surface area contributed by atoms with Crippen molar-refractivity contribution < 1.29 is 9.26 Å². The van der Waals surface area contributed by atoms with E-state index in [0.29, 0.717) is 39.7 Å². The van der Waals surface area contributed by atoms with Gasteiger partial charge in [-0.3, -0.25) is 4.90 Å². The summed E-state index contributed by atoms with van der Waals surface area (Å²) in [6.07, 6.45) is 11.1. The molecule has 0 unspecified atom stereocenters. The first-order chi connectivity index (χ1) is 21.4. The van der Waals surface area contributed by atoms with Gasteiger partial charge in [-0.15, -0.1) is 11.3 Å². The fourth-order valence-corrected chi connectivity index (χ4v) is 8.89. The number of nitrogens with zero attached hydrogens (tertiary/aromatic N) is 8. The fraction of sp³-hybridized carbons (Fsp3) is 0.438. The largest absolute Gasteiger partial charge is 0.473 e. The van der Waals surface area contributed by atoms with Gasteiger partial charge in [0.2, 0.25) is 5.88 Å². The normalized spacial score (nSPS) is 22.2. The molecule has 1 aliphatic heterocycles. The van der Waals surface area contributed by atoms with Crippen molar-refractivity contribution in [2.75, 3.05) is 19.3 Å². The second-order valence-electron chi connectivity index (χ2n) is 12.3. The van der Waals surface area contributed by atoms with Crippen molar-refractivity contribution >= 4 is 22.0 Å². The summed E-state index contributed by atoms with van der Waals surface area (Å²) in [4.78, 5) is 17.9. The molecule has 0 saturated carbocycles. The Morgan fingerprint density at radius 3 is 2.89 bits per heavy atom. The number of nitrogen functional groups attached to an aromatic ring is 1. The number of rotatable bonds is 5. The van der Waals surface area contributed by atoms with E-state index in [2.05, 4.69) is 40.2 Å². The molecule has 0 radical (unpaired) electrons. The van der Waals surface area contributed by atoms with Crippen molar-refractivity contribution in [2.45, 2.75) is 75.9 Å². The topological polar surface area (TPSA) is 144 Å². The Morgan fingerprint density at radius 2 is 2.07 bits per heavy atom. The molecule has 0 aromatic carbocycles. The number of pyridine rings is 1. The number of likely N-dealkylation sites (N-methyl/N-ethyl adjacent to an activating group) is 1. The van der Waals surface area contributed by atoms with Gasteiger partial charge in [0.1, 0.15) is 23.5 Å². The zero-order valence-corrected chi connectivity index (χ0v) is 25.6. The van der Waals surface area contributed by atoms with E-state index in [-0.39, 0.29) is 6.10 Å². The lowest BCUT2D eigenvalue weighted by Gasteiger charge is -2.39. The molecule has 2 N–H and O–H groups in total. The smallest absolute Gasteiger partial charge is 0.217 e. The first kappa shape index (κ1) is 27.2. The van der Waals surface area contributed by atoms with Crippen LogP contribution in [0, 0.1) is 11.3 Å².